The zero-order valence-electron chi connectivity index (χ0n) is 12.6. The summed E-state index contributed by atoms with van der Waals surface area (Å²) in [6.07, 6.45) is 1.99. The van der Waals surface area contributed by atoms with Crippen LogP contribution < -0.4 is 10.6 Å². The molecule has 2 heterocycles. The molecule has 0 radical (unpaired) electrons. The maximum Gasteiger partial charge on any atom is 0.229 e. The summed E-state index contributed by atoms with van der Waals surface area (Å²) < 4.78 is 0. The quantitative estimate of drug-likeness (QED) is 0.770. The van der Waals surface area contributed by atoms with Crippen LogP contribution in [-0.4, -0.2) is 15.8 Å². The van der Waals surface area contributed by atoms with Gasteiger partial charge in [-0.2, -0.15) is 4.98 Å². The van der Waals surface area contributed by atoms with E-state index in [0.717, 1.165) is 28.1 Å². The monoisotopic (exact) mass is 301 g/mol. The summed E-state index contributed by atoms with van der Waals surface area (Å²) in [7, 11) is 0. The molecule has 23 heavy (non-hydrogen) atoms. The first-order valence-corrected chi connectivity index (χ1v) is 7.41. The molecule has 0 amide bonds. The van der Waals surface area contributed by atoms with E-state index >= 15 is 0 Å². The van der Waals surface area contributed by atoms with Gasteiger partial charge in [-0.15, -0.1) is 0 Å². The van der Waals surface area contributed by atoms with Crippen LogP contribution in [0, 0.1) is 0 Å². The minimum absolute atomic E-state index is 0.536. The molecule has 1 aromatic heterocycles. The maximum absolute atomic E-state index is 4.58. The van der Waals surface area contributed by atoms with Gasteiger partial charge in [-0.05, 0) is 37.3 Å². The summed E-state index contributed by atoms with van der Waals surface area (Å²) >= 11 is 0. The Morgan fingerprint density at radius 2 is 1.70 bits per heavy atom. The molecule has 112 valence electrons. The Morgan fingerprint density at radius 3 is 2.48 bits per heavy atom. The number of aliphatic imine (C=N–C) groups is 1. The maximum atomic E-state index is 4.58. The van der Waals surface area contributed by atoms with E-state index in [0.29, 0.717) is 11.8 Å². The number of allylic oxidation sites excluding steroid dienone is 1. The van der Waals surface area contributed by atoms with Gasteiger partial charge in [-0.25, -0.2) is 9.98 Å². The van der Waals surface area contributed by atoms with Gasteiger partial charge in [-0.1, -0.05) is 30.3 Å². The molecule has 0 spiro atoms. The third-order valence-electron chi connectivity index (χ3n) is 3.52. The van der Waals surface area contributed by atoms with Gasteiger partial charge in [0.25, 0.3) is 0 Å². The number of aromatic nitrogens is 2. The smallest absolute Gasteiger partial charge is 0.229 e. The number of para-hydroxylation sites is 2. The fourth-order valence-corrected chi connectivity index (χ4v) is 2.43. The van der Waals surface area contributed by atoms with Gasteiger partial charge in [0.1, 0.15) is 5.84 Å². The molecular weight excluding hydrogens is 286 g/mol. The van der Waals surface area contributed by atoms with Gasteiger partial charge in [0.2, 0.25) is 5.95 Å². The zero-order valence-corrected chi connectivity index (χ0v) is 12.6. The van der Waals surface area contributed by atoms with E-state index in [1.54, 1.807) is 0 Å². The van der Waals surface area contributed by atoms with Crippen LogP contribution in [0.2, 0.25) is 0 Å². The molecule has 0 unspecified atom stereocenters. The number of amidine groups is 1. The molecule has 0 saturated carbocycles. The van der Waals surface area contributed by atoms with Crippen molar-refractivity contribution in [2.75, 3.05) is 5.32 Å². The van der Waals surface area contributed by atoms with Crippen molar-refractivity contribution in [3.63, 3.8) is 0 Å². The van der Waals surface area contributed by atoms with Crippen molar-refractivity contribution < 1.29 is 0 Å². The van der Waals surface area contributed by atoms with Crippen molar-refractivity contribution in [1.29, 1.82) is 0 Å². The van der Waals surface area contributed by atoms with Gasteiger partial charge >= 0.3 is 0 Å². The summed E-state index contributed by atoms with van der Waals surface area (Å²) in [5.74, 6) is 2.01. The van der Waals surface area contributed by atoms with E-state index in [1.165, 1.54) is 0 Å². The first-order valence-electron chi connectivity index (χ1n) is 7.41. The molecular formula is C18H15N5. The van der Waals surface area contributed by atoms with E-state index in [-0.39, 0.29) is 0 Å². The normalized spacial score (nSPS) is 15.0. The summed E-state index contributed by atoms with van der Waals surface area (Å²) in [4.78, 5) is 13.7. The second-order valence-electron chi connectivity index (χ2n) is 5.33. The van der Waals surface area contributed by atoms with Gasteiger partial charge in [0.05, 0.1) is 5.52 Å². The molecule has 5 nitrogen and oxygen atoms in total. The second kappa shape index (κ2) is 5.53. The van der Waals surface area contributed by atoms with E-state index in [9.17, 15) is 0 Å². The molecule has 2 aromatic carbocycles. The van der Waals surface area contributed by atoms with Crippen molar-refractivity contribution in [3.8, 4) is 0 Å². The fourth-order valence-electron chi connectivity index (χ4n) is 2.43. The highest BCUT2D eigenvalue weighted by atomic mass is 15.1. The molecule has 4 rings (SSSR count). The van der Waals surface area contributed by atoms with Gasteiger partial charge < -0.3 is 10.6 Å². The molecule has 0 fully saturated rings. The van der Waals surface area contributed by atoms with E-state index in [2.05, 4.69) is 25.6 Å². The third kappa shape index (κ3) is 2.76. The topological polar surface area (TPSA) is 62.2 Å². The molecule has 0 bridgehead atoms. The van der Waals surface area contributed by atoms with Crippen LogP contribution in [0.15, 0.2) is 71.4 Å². The molecule has 1 aliphatic heterocycles. The number of nitrogens with zero attached hydrogens (tertiary/aromatic N) is 3. The average Bonchev–Trinajstić information content (AvgIpc) is 2.54. The van der Waals surface area contributed by atoms with Crippen molar-refractivity contribution in [2.45, 2.75) is 6.92 Å². The summed E-state index contributed by atoms with van der Waals surface area (Å²) in [6, 6.07) is 17.7. The molecule has 0 aliphatic carbocycles. The van der Waals surface area contributed by atoms with E-state index in [4.69, 9.17) is 0 Å². The number of fused-ring (bicyclic) bond motifs is 1. The van der Waals surface area contributed by atoms with Crippen molar-refractivity contribution >= 4 is 34.2 Å². The van der Waals surface area contributed by atoms with Crippen LogP contribution in [0.5, 0.6) is 0 Å². The first-order chi connectivity index (χ1) is 11.3. The number of benzene rings is 2. The first kappa shape index (κ1) is 13.5. The molecule has 0 atom stereocenters. The Hall–Kier alpha value is -3.21. The minimum Gasteiger partial charge on any atom is -0.344 e. The number of nitrogens with one attached hydrogen (secondary N) is 2. The van der Waals surface area contributed by atoms with Crippen LogP contribution in [0.3, 0.4) is 0 Å². The summed E-state index contributed by atoms with van der Waals surface area (Å²) in [5.41, 5.74) is 2.91. The average molecular weight is 301 g/mol. The predicted molar refractivity (Wildman–Crippen MR) is 93.3 cm³/mol. The van der Waals surface area contributed by atoms with E-state index in [1.807, 2.05) is 67.6 Å². The van der Waals surface area contributed by atoms with Crippen LogP contribution in [0.4, 0.5) is 17.5 Å². The highest BCUT2D eigenvalue weighted by Crippen LogP contribution is 2.26. The number of hydrogen-bond acceptors (Lipinski definition) is 4. The standard InChI is InChI=1S/C18H15N5/c1-12-11-16(19-12)22-17-14-9-5-6-10-15(14)21-18(23-17)20-13-7-3-2-4-8-13/h2-11H,1H3,(H2,19,20,21,22,23). The van der Waals surface area contributed by atoms with Crippen LogP contribution in [-0.2, 0) is 0 Å². The van der Waals surface area contributed by atoms with E-state index < -0.39 is 0 Å². The largest absolute Gasteiger partial charge is 0.344 e. The zero-order chi connectivity index (χ0) is 15.6. The van der Waals surface area contributed by atoms with Gasteiger partial charge in [0.15, 0.2) is 5.82 Å². The minimum atomic E-state index is 0.536. The molecule has 3 aromatic rings. The Kier molecular flexibility index (Phi) is 3.24. The number of rotatable bonds is 3. The number of anilines is 2. The predicted octanol–water partition coefficient (Wildman–Crippen LogP) is 3.91. The molecule has 1 aliphatic rings. The summed E-state index contributed by atoms with van der Waals surface area (Å²) in [6.45, 7) is 2.00. The molecule has 5 heteroatoms. The van der Waals surface area contributed by atoms with Crippen LogP contribution in [0.25, 0.3) is 10.9 Å². The lowest BCUT2D eigenvalue weighted by Gasteiger charge is -2.16. The third-order valence-corrected chi connectivity index (χ3v) is 3.52. The second-order valence-corrected chi connectivity index (χ2v) is 5.33. The number of hydrogen-bond donors (Lipinski definition) is 2. The summed E-state index contributed by atoms with van der Waals surface area (Å²) in [5, 5.41) is 7.31. The van der Waals surface area contributed by atoms with Crippen LogP contribution in [0.1, 0.15) is 6.92 Å². The SMILES string of the molecule is CC1=CC(=Nc2nc(Nc3ccccc3)nc3ccccc23)N1. The Labute approximate surface area is 133 Å². The van der Waals surface area contributed by atoms with Crippen LogP contribution >= 0.6 is 0 Å². The van der Waals surface area contributed by atoms with Crippen molar-refractivity contribution in [3.05, 3.63) is 66.4 Å². The van der Waals surface area contributed by atoms with Crippen molar-refractivity contribution in [2.24, 2.45) is 4.99 Å². The highest BCUT2D eigenvalue weighted by molar-refractivity contribution is 6.03. The lowest BCUT2D eigenvalue weighted by molar-refractivity contribution is 1.05. The fraction of sp³-hybridized carbons (Fsp3) is 0.0556. The molecule has 0 saturated heterocycles. The Morgan fingerprint density at radius 1 is 0.957 bits per heavy atom. The molecule has 2 N–H and O–H groups in total. The van der Waals surface area contributed by atoms with Gasteiger partial charge in [0, 0.05) is 16.8 Å². The van der Waals surface area contributed by atoms with Gasteiger partial charge in [-0.3, -0.25) is 0 Å². The lowest BCUT2D eigenvalue weighted by Crippen LogP contribution is -2.29. The lowest BCUT2D eigenvalue weighted by atomic mass is 10.2. The Bertz CT molecular complexity index is 929. The van der Waals surface area contributed by atoms with Crippen molar-refractivity contribution in [1.82, 2.24) is 15.3 Å². The Balaban J connectivity index is 1.79. The highest BCUT2D eigenvalue weighted by Gasteiger charge is 2.11.